The first-order chi connectivity index (χ1) is 11.6. The molecule has 0 aliphatic carbocycles. The van der Waals surface area contributed by atoms with Gasteiger partial charge in [0.2, 0.25) is 0 Å². The summed E-state index contributed by atoms with van der Waals surface area (Å²) in [5, 5.41) is 12.6. The zero-order chi connectivity index (χ0) is 17.1. The van der Waals surface area contributed by atoms with Crippen molar-refractivity contribution in [3.8, 4) is 11.8 Å². The largest absolute Gasteiger partial charge is 0.484 e. The maximum atomic E-state index is 12.0. The topological polar surface area (TPSA) is 75.0 Å². The van der Waals surface area contributed by atoms with Crippen LogP contribution in [-0.2, 0) is 4.79 Å². The fourth-order valence-electron chi connectivity index (χ4n) is 2.08. The molecule has 0 unspecified atom stereocenters. The predicted octanol–water partition coefficient (Wildman–Crippen LogP) is 4.15. The van der Waals surface area contributed by atoms with Crippen molar-refractivity contribution < 1.29 is 9.53 Å². The van der Waals surface area contributed by atoms with Crippen molar-refractivity contribution >= 4 is 44.2 Å². The van der Waals surface area contributed by atoms with Crippen molar-refractivity contribution in [1.29, 1.82) is 5.26 Å². The predicted molar refractivity (Wildman–Crippen MR) is 94.6 cm³/mol. The number of carbonyl (C=O) groups excluding carboxylic acids is 1. The number of thiazole rings is 1. The van der Waals surface area contributed by atoms with Crippen molar-refractivity contribution in [1.82, 2.24) is 4.98 Å². The number of nitriles is 1. The van der Waals surface area contributed by atoms with E-state index in [1.54, 1.807) is 24.3 Å². The molecule has 0 radical (unpaired) electrons. The number of hydrogen-bond donors (Lipinski definition) is 1. The minimum atomic E-state index is -0.304. The van der Waals surface area contributed by atoms with Crippen LogP contribution in [0.2, 0.25) is 5.02 Å². The molecule has 0 fully saturated rings. The summed E-state index contributed by atoms with van der Waals surface area (Å²) in [6, 6.07) is 12.3. The van der Waals surface area contributed by atoms with E-state index in [1.165, 1.54) is 11.3 Å². The molecule has 1 N–H and O–H groups in total. The SMILES string of the molecule is Cc1c(Cl)ccc2sc(NC(=O)COc3ccc(C#N)cc3)nc12. The Kier molecular flexibility index (Phi) is 4.65. The Bertz CT molecular complexity index is 945. The summed E-state index contributed by atoms with van der Waals surface area (Å²) >= 11 is 7.46. The molecular weight excluding hydrogens is 346 g/mol. The molecule has 0 spiro atoms. The minimum Gasteiger partial charge on any atom is -0.484 e. The fourth-order valence-corrected chi connectivity index (χ4v) is 3.18. The maximum Gasteiger partial charge on any atom is 0.264 e. The van der Waals surface area contributed by atoms with Gasteiger partial charge in [-0.15, -0.1) is 0 Å². The second-order valence-electron chi connectivity index (χ2n) is 5.01. The highest BCUT2D eigenvalue weighted by molar-refractivity contribution is 7.22. The molecule has 5 nitrogen and oxygen atoms in total. The van der Waals surface area contributed by atoms with Crippen LogP contribution in [0.4, 0.5) is 5.13 Å². The smallest absolute Gasteiger partial charge is 0.264 e. The Morgan fingerprint density at radius 2 is 2.08 bits per heavy atom. The quantitative estimate of drug-likeness (QED) is 0.761. The standard InChI is InChI=1S/C17H12ClN3O2S/c1-10-13(18)6-7-14-16(10)21-17(24-14)20-15(22)9-23-12-4-2-11(8-19)3-5-12/h2-7H,9H2,1H3,(H,20,21,22). The van der Waals surface area contributed by atoms with E-state index in [0.717, 1.165) is 15.8 Å². The molecule has 3 aromatic rings. The van der Waals surface area contributed by atoms with Crippen LogP contribution < -0.4 is 10.1 Å². The first-order valence-corrected chi connectivity index (χ1v) is 8.25. The average molecular weight is 358 g/mol. The van der Waals surface area contributed by atoms with E-state index < -0.39 is 0 Å². The van der Waals surface area contributed by atoms with Crippen molar-refractivity contribution in [2.24, 2.45) is 0 Å². The van der Waals surface area contributed by atoms with E-state index in [9.17, 15) is 4.79 Å². The van der Waals surface area contributed by atoms with Gasteiger partial charge in [0.15, 0.2) is 11.7 Å². The normalized spacial score (nSPS) is 10.4. The van der Waals surface area contributed by atoms with Gasteiger partial charge >= 0.3 is 0 Å². The summed E-state index contributed by atoms with van der Waals surface area (Å²) in [6.07, 6.45) is 0. The number of benzene rings is 2. The molecule has 2 aromatic carbocycles. The van der Waals surface area contributed by atoms with Crippen LogP contribution >= 0.6 is 22.9 Å². The number of aromatic nitrogens is 1. The van der Waals surface area contributed by atoms with Crippen LogP contribution in [0, 0.1) is 18.3 Å². The third-order valence-corrected chi connectivity index (χ3v) is 4.69. The highest BCUT2D eigenvalue weighted by Crippen LogP contribution is 2.31. The molecule has 1 heterocycles. The monoisotopic (exact) mass is 357 g/mol. The van der Waals surface area contributed by atoms with Crippen LogP contribution in [0.5, 0.6) is 5.75 Å². The lowest BCUT2D eigenvalue weighted by molar-refractivity contribution is -0.118. The molecule has 120 valence electrons. The van der Waals surface area contributed by atoms with Gasteiger partial charge in [-0.3, -0.25) is 10.1 Å². The van der Waals surface area contributed by atoms with Gasteiger partial charge in [-0.05, 0) is 48.9 Å². The third-order valence-electron chi connectivity index (χ3n) is 3.35. The summed E-state index contributed by atoms with van der Waals surface area (Å²) in [5.74, 6) is 0.221. The molecule has 7 heteroatoms. The van der Waals surface area contributed by atoms with Crippen molar-refractivity contribution in [3.05, 3.63) is 52.5 Å². The highest BCUT2D eigenvalue weighted by Gasteiger charge is 2.11. The molecule has 3 rings (SSSR count). The minimum absolute atomic E-state index is 0.137. The molecule has 0 saturated carbocycles. The first kappa shape index (κ1) is 16.2. The molecule has 1 aromatic heterocycles. The summed E-state index contributed by atoms with van der Waals surface area (Å²) in [4.78, 5) is 16.4. The van der Waals surface area contributed by atoms with Crippen LogP contribution in [0.25, 0.3) is 10.2 Å². The zero-order valence-electron chi connectivity index (χ0n) is 12.7. The van der Waals surface area contributed by atoms with Gasteiger partial charge < -0.3 is 4.74 Å². The molecule has 0 saturated heterocycles. The second kappa shape index (κ2) is 6.87. The molecule has 1 amide bonds. The summed E-state index contributed by atoms with van der Waals surface area (Å²) in [7, 11) is 0. The number of nitrogens with one attached hydrogen (secondary N) is 1. The van der Waals surface area contributed by atoms with Crippen LogP contribution in [-0.4, -0.2) is 17.5 Å². The number of anilines is 1. The van der Waals surface area contributed by atoms with Crippen molar-refractivity contribution in [2.45, 2.75) is 6.92 Å². The number of rotatable bonds is 4. The summed E-state index contributed by atoms with van der Waals surface area (Å²) < 4.78 is 6.35. The van der Waals surface area contributed by atoms with E-state index >= 15 is 0 Å². The Morgan fingerprint density at radius 1 is 1.33 bits per heavy atom. The Morgan fingerprint density at radius 3 is 2.79 bits per heavy atom. The number of hydrogen-bond acceptors (Lipinski definition) is 5. The second-order valence-corrected chi connectivity index (χ2v) is 6.45. The zero-order valence-corrected chi connectivity index (χ0v) is 14.2. The van der Waals surface area contributed by atoms with E-state index in [-0.39, 0.29) is 12.5 Å². The summed E-state index contributed by atoms with van der Waals surface area (Å²) in [6.45, 7) is 1.76. The lowest BCUT2D eigenvalue weighted by Gasteiger charge is -2.05. The van der Waals surface area contributed by atoms with E-state index in [2.05, 4.69) is 10.3 Å². The van der Waals surface area contributed by atoms with Gasteiger partial charge in [-0.25, -0.2) is 4.98 Å². The van der Waals surface area contributed by atoms with E-state index in [4.69, 9.17) is 21.6 Å². The van der Waals surface area contributed by atoms with Crippen LogP contribution in [0.3, 0.4) is 0 Å². The number of carbonyl (C=O) groups is 1. The maximum absolute atomic E-state index is 12.0. The Balaban J connectivity index is 1.64. The van der Waals surface area contributed by atoms with Gasteiger partial charge in [0.25, 0.3) is 5.91 Å². The molecule has 0 bridgehead atoms. The van der Waals surface area contributed by atoms with Crippen LogP contribution in [0.15, 0.2) is 36.4 Å². The molecular formula is C17H12ClN3O2S. The lowest BCUT2D eigenvalue weighted by Crippen LogP contribution is -2.19. The van der Waals surface area contributed by atoms with Gasteiger partial charge in [0.05, 0.1) is 21.8 Å². The number of ether oxygens (including phenoxy) is 1. The average Bonchev–Trinajstić information content (AvgIpc) is 3.00. The number of fused-ring (bicyclic) bond motifs is 1. The van der Waals surface area contributed by atoms with Crippen molar-refractivity contribution in [2.75, 3.05) is 11.9 Å². The third kappa shape index (κ3) is 3.48. The summed E-state index contributed by atoms with van der Waals surface area (Å²) in [5.41, 5.74) is 2.21. The lowest BCUT2D eigenvalue weighted by atomic mass is 10.2. The Hall–Kier alpha value is -2.62. The highest BCUT2D eigenvalue weighted by atomic mass is 35.5. The van der Waals surface area contributed by atoms with Crippen LogP contribution in [0.1, 0.15) is 11.1 Å². The number of halogens is 1. The number of aryl methyl sites for hydroxylation is 1. The van der Waals surface area contributed by atoms with Gasteiger partial charge in [-0.2, -0.15) is 5.26 Å². The molecule has 24 heavy (non-hydrogen) atoms. The first-order valence-electron chi connectivity index (χ1n) is 7.05. The Labute approximate surface area is 147 Å². The molecule has 0 aliphatic heterocycles. The van der Waals surface area contributed by atoms with E-state index in [1.807, 2.05) is 25.1 Å². The molecule has 0 aliphatic rings. The van der Waals surface area contributed by atoms with Gasteiger partial charge in [0.1, 0.15) is 5.75 Å². The van der Waals surface area contributed by atoms with Gasteiger partial charge in [0, 0.05) is 5.02 Å². The van der Waals surface area contributed by atoms with Crippen molar-refractivity contribution in [3.63, 3.8) is 0 Å². The number of amides is 1. The number of nitrogens with zero attached hydrogens (tertiary/aromatic N) is 2. The van der Waals surface area contributed by atoms with E-state index in [0.29, 0.717) is 21.5 Å². The molecule has 0 atom stereocenters. The van der Waals surface area contributed by atoms with Gasteiger partial charge in [-0.1, -0.05) is 22.9 Å². The fraction of sp³-hybridized carbons (Fsp3) is 0.118.